The maximum Gasteiger partial charge on any atom is 0.243 e. The van der Waals surface area contributed by atoms with Crippen LogP contribution in [0.2, 0.25) is 0 Å². The summed E-state index contributed by atoms with van der Waals surface area (Å²) >= 11 is 0. The first-order valence-electron chi connectivity index (χ1n) is 5.29. The number of hydrogen-bond acceptors (Lipinski definition) is 5. The minimum atomic E-state index is -3.79. The molecule has 2 N–H and O–H groups in total. The fraction of sp³-hybridized carbons (Fsp3) is 0.364. The number of hydrogen-bond donors (Lipinski definition) is 1. The molecule has 7 nitrogen and oxygen atoms in total. The topological polar surface area (TPSA) is 98.9 Å². The van der Waals surface area contributed by atoms with E-state index in [9.17, 15) is 13.2 Å². The van der Waals surface area contributed by atoms with Gasteiger partial charge in [0.1, 0.15) is 0 Å². The minimum Gasteiger partial charge on any atom is -0.493 e. The molecule has 0 radical (unpaired) electrons. The van der Waals surface area contributed by atoms with E-state index in [2.05, 4.69) is 0 Å². The quantitative estimate of drug-likeness (QED) is 0.782. The van der Waals surface area contributed by atoms with Crippen molar-refractivity contribution < 1.29 is 22.7 Å². The normalized spacial score (nSPS) is 11.4. The minimum absolute atomic E-state index is 0.00565. The van der Waals surface area contributed by atoms with Crippen LogP contribution in [0, 0.1) is 0 Å². The second-order valence-electron chi connectivity index (χ2n) is 3.74. The Labute approximate surface area is 112 Å². The molecular weight excluding hydrogens is 272 g/mol. The predicted molar refractivity (Wildman–Crippen MR) is 68.6 cm³/mol. The summed E-state index contributed by atoms with van der Waals surface area (Å²) < 4.78 is 35.2. The van der Waals surface area contributed by atoms with Crippen molar-refractivity contribution in [1.82, 2.24) is 4.31 Å². The van der Waals surface area contributed by atoms with Crippen LogP contribution < -0.4 is 15.2 Å². The summed E-state index contributed by atoms with van der Waals surface area (Å²) in [5, 5.41) is 0. The molecule has 1 aromatic rings. The van der Waals surface area contributed by atoms with E-state index in [1.807, 2.05) is 0 Å². The molecule has 0 aliphatic carbocycles. The Bertz CT molecular complexity index is 570. The van der Waals surface area contributed by atoms with Crippen molar-refractivity contribution in [3.8, 4) is 11.5 Å². The van der Waals surface area contributed by atoms with Gasteiger partial charge in [0, 0.05) is 13.1 Å². The van der Waals surface area contributed by atoms with E-state index >= 15 is 0 Å². The van der Waals surface area contributed by atoms with Crippen LogP contribution in [0.5, 0.6) is 11.5 Å². The Morgan fingerprint density at radius 1 is 1.26 bits per heavy atom. The van der Waals surface area contributed by atoms with Gasteiger partial charge >= 0.3 is 0 Å². The number of carbonyl (C=O) groups is 1. The standard InChI is InChI=1S/C11H16N2O5S/c1-13(7-11(12)14)19(15,16)8-4-5-9(17-2)10(6-8)18-3/h4-6H,7H2,1-3H3,(H2,12,14). The lowest BCUT2D eigenvalue weighted by molar-refractivity contribution is -0.118. The molecule has 0 atom stereocenters. The van der Waals surface area contributed by atoms with Crippen molar-refractivity contribution >= 4 is 15.9 Å². The molecule has 0 aliphatic heterocycles. The van der Waals surface area contributed by atoms with Crippen molar-refractivity contribution in [1.29, 1.82) is 0 Å². The Morgan fingerprint density at radius 3 is 2.32 bits per heavy atom. The summed E-state index contributed by atoms with van der Waals surface area (Å²) in [6.07, 6.45) is 0. The van der Waals surface area contributed by atoms with Crippen LogP contribution in [0.1, 0.15) is 0 Å². The lowest BCUT2D eigenvalue weighted by atomic mass is 10.3. The molecule has 0 heterocycles. The maximum absolute atomic E-state index is 12.2. The molecule has 0 aromatic heterocycles. The third-order valence-electron chi connectivity index (χ3n) is 2.44. The molecule has 0 bridgehead atoms. The second kappa shape index (κ2) is 5.89. The van der Waals surface area contributed by atoms with Gasteiger partial charge in [-0.1, -0.05) is 0 Å². The molecule has 0 saturated heterocycles. The Hall–Kier alpha value is -1.80. The fourth-order valence-electron chi connectivity index (χ4n) is 1.46. The van der Waals surface area contributed by atoms with Crippen molar-refractivity contribution in [2.45, 2.75) is 4.90 Å². The van der Waals surface area contributed by atoms with Gasteiger partial charge in [-0.15, -0.1) is 0 Å². The number of primary amides is 1. The predicted octanol–water partition coefficient (Wildman–Crippen LogP) is -0.190. The first-order valence-corrected chi connectivity index (χ1v) is 6.73. The molecule has 1 rings (SSSR count). The molecule has 19 heavy (non-hydrogen) atoms. The molecule has 0 saturated carbocycles. The lowest BCUT2D eigenvalue weighted by Gasteiger charge is -2.16. The summed E-state index contributed by atoms with van der Waals surface area (Å²) in [6, 6.07) is 4.17. The van der Waals surface area contributed by atoms with Crippen LogP contribution >= 0.6 is 0 Å². The number of amides is 1. The van der Waals surface area contributed by atoms with Crippen LogP contribution in [-0.2, 0) is 14.8 Å². The highest BCUT2D eigenvalue weighted by molar-refractivity contribution is 7.89. The highest BCUT2D eigenvalue weighted by Crippen LogP contribution is 2.30. The van der Waals surface area contributed by atoms with Crippen LogP contribution in [-0.4, -0.2) is 46.4 Å². The summed E-state index contributed by atoms with van der Waals surface area (Å²) in [5.41, 5.74) is 4.98. The largest absolute Gasteiger partial charge is 0.493 e. The van der Waals surface area contributed by atoms with Crippen molar-refractivity contribution in [3.63, 3.8) is 0 Å². The Balaban J connectivity index is 3.18. The van der Waals surface area contributed by atoms with Crippen molar-refractivity contribution in [2.24, 2.45) is 5.73 Å². The van der Waals surface area contributed by atoms with E-state index in [-0.39, 0.29) is 10.6 Å². The highest BCUT2D eigenvalue weighted by Gasteiger charge is 2.23. The molecule has 8 heteroatoms. The van der Waals surface area contributed by atoms with Gasteiger partial charge in [0.25, 0.3) is 0 Å². The van der Waals surface area contributed by atoms with Gasteiger partial charge in [-0.3, -0.25) is 4.79 Å². The van der Waals surface area contributed by atoms with Gasteiger partial charge in [-0.25, -0.2) is 8.42 Å². The number of rotatable bonds is 6. The third kappa shape index (κ3) is 3.36. The van der Waals surface area contributed by atoms with Crippen LogP contribution in [0.4, 0.5) is 0 Å². The number of likely N-dealkylation sites (N-methyl/N-ethyl adjacent to an activating group) is 1. The number of methoxy groups -OCH3 is 2. The lowest BCUT2D eigenvalue weighted by Crippen LogP contribution is -2.35. The number of carbonyl (C=O) groups excluding carboxylic acids is 1. The average molecular weight is 288 g/mol. The van der Waals surface area contributed by atoms with E-state index in [0.717, 1.165) is 4.31 Å². The molecule has 0 fully saturated rings. The van der Waals surface area contributed by atoms with Gasteiger partial charge in [-0.05, 0) is 12.1 Å². The van der Waals surface area contributed by atoms with Gasteiger partial charge in [0.2, 0.25) is 15.9 Å². The van der Waals surface area contributed by atoms with Crippen LogP contribution in [0.15, 0.2) is 23.1 Å². The number of nitrogens with two attached hydrogens (primary N) is 1. The summed E-state index contributed by atoms with van der Waals surface area (Å²) in [5.74, 6) is -0.0263. The van der Waals surface area contributed by atoms with Crippen molar-refractivity contribution in [3.05, 3.63) is 18.2 Å². The number of ether oxygens (including phenoxy) is 2. The van der Waals surface area contributed by atoms with E-state index < -0.39 is 22.5 Å². The van der Waals surface area contributed by atoms with E-state index in [1.54, 1.807) is 0 Å². The van der Waals surface area contributed by atoms with Crippen LogP contribution in [0.25, 0.3) is 0 Å². The summed E-state index contributed by atoms with van der Waals surface area (Å²) in [4.78, 5) is 10.8. The zero-order valence-corrected chi connectivity index (χ0v) is 11.7. The molecule has 1 amide bonds. The maximum atomic E-state index is 12.2. The molecule has 106 valence electrons. The van der Waals surface area contributed by atoms with Gasteiger partial charge in [-0.2, -0.15) is 4.31 Å². The van der Waals surface area contributed by atoms with Crippen molar-refractivity contribution in [2.75, 3.05) is 27.8 Å². The van der Waals surface area contributed by atoms with E-state index in [4.69, 9.17) is 15.2 Å². The summed E-state index contributed by atoms with van der Waals surface area (Å²) in [7, 11) is 0.334. The fourth-order valence-corrected chi connectivity index (χ4v) is 2.61. The molecule has 0 spiro atoms. The molecular formula is C11H16N2O5S. The van der Waals surface area contributed by atoms with Crippen LogP contribution in [0.3, 0.4) is 0 Å². The zero-order valence-electron chi connectivity index (χ0n) is 10.9. The third-order valence-corrected chi connectivity index (χ3v) is 4.24. The number of nitrogens with zero attached hydrogens (tertiary/aromatic N) is 1. The zero-order chi connectivity index (χ0) is 14.6. The van der Waals surface area contributed by atoms with Gasteiger partial charge in [0.15, 0.2) is 11.5 Å². The van der Waals surface area contributed by atoms with E-state index in [0.29, 0.717) is 5.75 Å². The smallest absolute Gasteiger partial charge is 0.243 e. The first-order chi connectivity index (χ1) is 8.82. The first kappa shape index (κ1) is 15.3. The average Bonchev–Trinajstić information content (AvgIpc) is 2.36. The number of benzene rings is 1. The molecule has 0 aliphatic rings. The second-order valence-corrected chi connectivity index (χ2v) is 5.79. The highest BCUT2D eigenvalue weighted by atomic mass is 32.2. The monoisotopic (exact) mass is 288 g/mol. The molecule has 0 unspecified atom stereocenters. The van der Waals surface area contributed by atoms with E-state index in [1.165, 1.54) is 39.5 Å². The Morgan fingerprint density at radius 2 is 1.84 bits per heavy atom. The Kier molecular flexibility index (Phi) is 4.73. The van der Waals surface area contributed by atoms with Gasteiger partial charge in [0.05, 0.1) is 25.7 Å². The van der Waals surface area contributed by atoms with Gasteiger partial charge < -0.3 is 15.2 Å². The SMILES string of the molecule is COc1ccc(S(=O)(=O)N(C)CC(N)=O)cc1OC. The number of sulfonamides is 1. The molecule has 1 aromatic carbocycles. The summed E-state index contributed by atoms with van der Waals surface area (Å²) in [6.45, 7) is -0.392.